The van der Waals surface area contributed by atoms with Gasteiger partial charge in [-0.25, -0.2) is 0 Å². The van der Waals surface area contributed by atoms with Crippen LogP contribution in [0.2, 0.25) is 0 Å². The molecule has 0 bridgehead atoms. The van der Waals surface area contributed by atoms with Gasteiger partial charge in [-0.2, -0.15) is 17.0 Å². The fourth-order valence-electron chi connectivity index (χ4n) is 2.43. The lowest BCUT2D eigenvalue weighted by Crippen LogP contribution is -2.16. The molecule has 96 valence electrons. The highest BCUT2D eigenvalue weighted by molar-refractivity contribution is 9.10. The first-order valence-corrected chi connectivity index (χ1v) is 8.14. The first kappa shape index (κ1) is 13.8. The van der Waals surface area contributed by atoms with Gasteiger partial charge in [-0.1, -0.05) is 22.9 Å². The molecule has 2 atom stereocenters. The van der Waals surface area contributed by atoms with E-state index in [4.69, 9.17) is 5.26 Å². The lowest BCUT2D eigenvalue weighted by atomic mass is 10.2. The van der Waals surface area contributed by atoms with Crippen molar-refractivity contribution in [3.63, 3.8) is 0 Å². The number of halogens is 1. The summed E-state index contributed by atoms with van der Waals surface area (Å²) in [7, 11) is 0. The lowest BCUT2D eigenvalue weighted by Gasteiger charge is -2.15. The van der Waals surface area contributed by atoms with E-state index in [9.17, 15) is 0 Å². The number of anilines is 1. The molecule has 0 spiro atoms. The second kappa shape index (κ2) is 6.49. The predicted molar refractivity (Wildman–Crippen MR) is 82.0 cm³/mol. The van der Waals surface area contributed by atoms with Gasteiger partial charge in [0, 0.05) is 21.5 Å². The van der Waals surface area contributed by atoms with E-state index in [1.165, 1.54) is 25.0 Å². The number of rotatable bonds is 4. The molecule has 0 amide bonds. The first-order valence-electron chi connectivity index (χ1n) is 6.30. The fraction of sp³-hybridized carbons (Fsp3) is 0.500. The number of benzene rings is 1. The van der Waals surface area contributed by atoms with Gasteiger partial charge in [0.05, 0.1) is 11.6 Å². The quantitative estimate of drug-likeness (QED) is 0.891. The van der Waals surface area contributed by atoms with Crippen LogP contribution in [0.3, 0.4) is 0 Å². The van der Waals surface area contributed by atoms with Crippen LogP contribution in [0, 0.1) is 11.3 Å². The van der Waals surface area contributed by atoms with Crippen LogP contribution in [0.4, 0.5) is 5.69 Å². The zero-order valence-electron chi connectivity index (χ0n) is 10.4. The van der Waals surface area contributed by atoms with E-state index in [0.717, 1.165) is 15.4 Å². The highest BCUT2D eigenvalue weighted by Crippen LogP contribution is 2.32. The maximum atomic E-state index is 8.96. The number of hydrogen-bond donors (Lipinski definition) is 1. The summed E-state index contributed by atoms with van der Waals surface area (Å²) in [5.74, 6) is 1.20. The highest BCUT2D eigenvalue weighted by atomic mass is 79.9. The van der Waals surface area contributed by atoms with Gasteiger partial charge in [0.25, 0.3) is 0 Å². The molecule has 1 saturated carbocycles. The molecule has 1 N–H and O–H groups in total. The number of hydrogen-bond acceptors (Lipinski definition) is 3. The van der Waals surface area contributed by atoms with Crippen LogP contribution >= 0.6 is 27.7 Å². The molecule has 1 aliphatic rings. The molecule has 1 aromatic carbocycles. The predicted octanol–water partition coefficient (Wildman–Crippen LogP) is 4.41. The Balaban J connectivity index is 1.98. The number of nitrogens with one attached hydrogen (secondary N) is 1. The van der Waals surface area contributed by atoms with Crippen LogP contribution < -0.4 is 5.32 Å². The summed E-state index contributed by atoms with van der Waals surface area (Å²) in [4.78, 5) is 0. The minimum absolute atomic E-state index is 0.551. The van der Waals surface area contributed by atoms with Crippen LogP contribution in [0.15, 0.2) is 22.7 Å². The van der Waals surface area contributed by atoms with Crippen molar-refractivity contribution in [2.24, 2.45) is 0 Å². The Bertz CT molecular complexity index is 456. The lowest BCUT2D eigenvalue weighted by molar-refractivity contribution is 0.757. The third kappa shape index (κ3) is 3.66. The van der Waals surface area contributed by atoms with Crippen LogP contribution in [0.5, 0.6) is 0 Å². The average Bonchev–Trinajstić information content (AvgIpc) is 2.76. The Morgan fingerprint density at radius 2 is 2.28 bits per heavy atom. The van der Waals surface area contributed by atoms with Crippen LogP contribution in [0.1, 0.15) is 31.7 Å². The summed E-state index contributed by atoms with van der Waals surface area (Å²) < 4.78 is 0.960. The van der Waals surface area contributed by atoms with Crippen molar-refractivity contribution in [1.82, 2.24) is 0 Å². The Kier molecular flexibility index (Phi) is 4.96. The molecular formula is C14H17BrN2S. The standard InChI is InChI=1S/C14H17BrN2S/c1-2-18-14-4-3-12(8-14)17-13-6-10(9-16)5-11(15)7-13/h5-7,12,14,17H,2-4,8H2,1H3. The maximum absolute atomic E-state index is 8.96. The van der Waals surface area contributed by atoms with E-state index < -0.39 is 0 Å². The smallest absolute Gasteiger partial charge is 0.0992 e. The molecule has 0 radical (unpaired) electrons. The molecule has 4 heteroatoms. The summed E-state index contributed by atoms with van der Waals surface area (Å²) >= 11 is 5.51. The van der Waals surface area contributed by atoms with Crippen molar-refractivity contribution >= 4 is 33.4 Å². The third-order valence-electron chi connectivity index (χ3n) is 3.18. The van der Waals surface area contributed by atoms with Crippen molar-refractivity contribution in [2.75, 3.05) is 11.1 Å². The van der Waals surface area contributed by atoms with Gasteiger partial charge in [0.1, 0.15) is 0 Å². The van der Waals surface area contributed by atoms with E-state index in [0.29, 0.717) is 11.6 Å². The van der Waals surface area contributed by atoms with E-state index in [1.54, 1.807) is 0 Å². The molecular weight excluding hydrogens is 308 g/mol. The molecule has 1 aliphatic carbocycles. The van der Waals surface area contributed by atoms with Gasteiger partial charge in [0.2, 0.25) is 0 Å². The Labute approximate surface area is 121 Å². The van der Waals surface area contributed by atoms with Gasteiger partial charge in [0.15, 0.2) is 0 Å². The summed E-state index contributed by atoms with van der Waals surface area (Å²) in [5.41, 5.74) is 1.75. The van der Waals surface area contributed by atoms with Crippen LogP contribution in [-0.2, 0) is 0 Å². The van der Waals surface area contributed by atoms with Crippen molar-refractivity contribution < 1.29 is 0 Å². The zero-order valence-corrected chi connectivity index (χ0v) is 12.9. The van der Waals surface area contributed by atoms with E-state index in [-0.39, 0.29) is 0 Å². The molecule has 0 heterocycles. The van der Waals surface area contributed by atoms with Crippen LogP contribution in [-0.4, -0.2) is 17.0 Å². The van der Waals surface area contributed by atoms with Gasteiger partial charge in [-0.3, -0.25) is 0 Å². The molecule has 1 fully saturated rings. The van der Waals surface area contributed by atoms with Crippen molar-refractivity contribution in [1.29, 1.82) is 5.26 Å². The van der Waals surface area contributed by atoms with Gasteiger partial charge < -0.3 is 5.32 Å². The zero-order chi connectivity index (χ0) is 13.0. The van der Waals surface area contributed by atoms with Gasteiger partial charge in [-0.05, 0) is 43.2 Å². The van der Waals surface area contributed by atoms with Crippen LogP contribution in [0.25, 0.3) is 0 Å². The second-order valence-corrected chi connectivity index (χ2v) is 7.07. The number of nitriles is 1. The molecule has 18 heavy (non-hydrogen) atoms. The highest BCUT2D eigenvalue weighted by Gasteiger charge is 2.24. The van der Waals surface area contributed by atoms with Crippen molar-refractivity contribution in [2.45, 2.75) is 37.5 Å². The van der Waals surface area contributed by atoms with E-state index in [1.807, 2.05) is 18.2 Å². The SMILES string of the molecule is CCSC1CCC(Nc2cc(Br)cc(C#N)c2)C1. The Hall–Kier alpha value is -0.660. The summed E-state index contributed by atoms with van der Waals surface area (Å²) in [6, 6.07) is 8.55. The minimum atomic E-state index is 0.551. The Morgan fingerprint density at radius 3 is 3.00 bits per heavy atom. The van der Waals surface area contributed by atoms with E-state index >= 15 is 0 Å². The summed E-state index contributed by atoms with van der Waals surface area (Å²) in [6.45, 7) is 2.22. The number of nitrogens with zero attached hydrogens (tertiary/aromatic N) is 1. The topological polar surface area (TPSA) is 35.8 Å². The second-order valence-electron chi connectivity index (χ2n) is 4.57. The molecule has 2 rings (SSSR count). The summed E-state index contributed by atoms with van der Waals surface area (Å²) in [6.07, 6.45) is 3.76. The largest absolute Gasteiger partial charge is 0.382 e. The number of thioether (sulfide) groups is 1. The third-order valence-corrected chi connectivity index (χ3v) is 4.88. The molecule has 1 aromatic rings. The average molecular weight is 325 g/mol. The molecule has 0 aromatic heterocycles. The monoisotopic (exact) mass is 324 g/mol. The normalized spacial score (nSPS) is 22.7. The van der Waals surface area contributed by atoms with E-state index in [2.05, 4.69) is 46.0 Å². The van der Waals surface area contributed by atoms with Gasteiger partial charge in [-0.15, -0.1) is 0 Å². The van der Waals surface area contributed by atoms with Crippen molar-refractivity contribution in [3.8, 4) is 6.07 Å². The first-order chi connectivity index (χ1) is 8.71. The summed E-state index contributed by atoms with van der Waals surface area (Å²) in [5, 5.41) is 13.3. The fourth-order valence-corrected chi connectivity index (χ4v) is 4.07. The molecule has 0 saturated heterocycles. The van der Waals surface area contributed by atoms with Crippen molar-refractivity contribution in [3.05, 3.63) is 28.2 Å². The molecule has 0 aliphatic heterocycles. The molecule has 2 nitrogen and oxygen atoms in total. The minimum Gasteiger partial charge on any atom is -0.382 e. The van der Waals surface area contributed by atoms with Gasteiger partial charge >= 0.3 is 0 Å². The maximum Gasteiger partial charge on any atom is 0.0992 e. The molecule has 2 unspecified atom stereocenters. The Morgan fingerprint density at radius 1 is 1.44 bits per heavy atom.